The molecule has 3 heterocycles. The molecule has 7 heteroatoms. The number of hydrogen-bond acceptors (Lipinski definition) is 5. The molecule has 6 nitrogen and oxygen atoms in total. The van der Waals surface area contributed by atoms with Crippen molar-refractivity contribution in [3.05, 3.63) is 65.4 Å². The average molecular weight is 338 g/mol. The Kier molecular flexibility index (Phi) is 4.13. The Morgan fingerprint density at radius 3 is 2.88 bits per heavy atom. The van der Waals surface area contributed by atoms with Crippen molar-refractivity contribution in [2.75, 3.05) is 5.32 Å². The summed E-state index contributed by atoms with van der Waals surface area (Å²) in [7, 11) is 0. The summed E-state index contributed by atoms with van der Waals surface area (Å²) in [6, 6.07) is 8.37. The van der Waals surface area contributed by atoms with E-state index in [1.807, 2.05) is 13.0 Å². The van der Waals surface area contributed by atoms with Gasteiger partial charge in [0, 0.05) is 19.2 Å². The summed E-state index contributed by atoms with van der Waals surface area (Å²) < 4.78 is 15.2. The predicted octanol–water partition coefficient (Wildman–Crippen LogP) is 3.05. The lowest BCUT2D eigenvalue weighted by Crippen LogP contribution is -2.23. The fraction of sp³-hybridized carbons (Fsp3) is 0.333. The lowest BCUT2D eigenvalue weighted by atomic mass is 10.1. The molecule has 0 radical (unpaired) electrons. The fourth-order valence-electron chi connectivity index (χ4n) is 3.18. The number of aryl methyl sites for hydroxylation is 1. The Labute approximate surface area is 145 Å². The number of aromatic nitrogens is 5. The number of hydrogen-bond donors (Lipinski definition) is 1. The monoisotopic (exact) mass is 338 g/mol. The highest BCUT2D eigenvalue weighted by molar-refractivity contribution is 5.36. The van der Waals surface area contributed by atoms with Crippen molar-refractivity contribution in [2.45, 2.75) is 38.8 Å². The van der Waals surface area contributed by atoms with Gasteiger partial charge in [0.05, 0.1) is 6.04 Å². The maximum atomic E-state index is 13.0. The van der Waals surface area contributed by atoms with Gasteiger partial charge in [-0.2, -0.15) is 0 Å². The quantitative estimate of drug-likeness (QED) is 0.792. The van der Waals surface area contributed by atoms with Crippen LogP contribution in [0, 0.1) is 12.7 Å². The first-order valence-corrected chi connectivity index (χ1v) is 8.41. The van der Waals surface area contributed by atoms with Crippen molar-refractivity contribution < 1.29 is 4.39 Å². The Morgan fingerprint density at radius 2 is 2.04 bits per heavy atom. The number of rotatable bonds is 4. The molecule has 25 heavy (non-hydrogen) atoms. The minimum atomic E-state index is -0.239. The molecular weight excluding hydrogens is 319 g/mol. The van der Waals surface area contributed by atoms with Crippen LogP contribution >= 0.6 is 0 Å². The summed E-state index contributed by atoms with van der Waals surface area (Å²) in [5, 5.41) is 11.9. The largest absolute Gasteiger partial charge is 0.360 e. The Hall–Kier alpha value is -2.83. The first-order valence-electron chi connectivity index (χ1n) is 8.41. The van der Waals surface area contributed by atoms with E-state index in [0.717, 1.165) is 42.4 Å². The molecular formula is C18H19FN6. The molecule has 0 saturated carbocycles. The SMILES string of the molecule is Cc1nnc2n1CCCC2Nc1ccnc(Cc2ccc(F)cc2)n1. The topological polar surface area (TPSA) is 68.5 Å². The molecule has 2 aromatic heterocycles. The molecule has 0 amide bonds. The maximum absolute atomic E-state index is 13.0. The van der Waals surface area contributed by atoms with Crippen LogP contribution in [-0.2, 0) is 13.0 Å². The molecule has 1 atom stereocenters. The Balaban J connectivity index is 1.51. The van der Waals surface area contributed by atoms with E-state index in [0.29, 0.717) is 12.2 Å². The van der Waals surface area contributed by atoms with Crippen molar-refractivity contribution in [3.8, 4) is 0 Å². The first-order chi connectivity index (χ1) is 12.2. The number of nitrogens with zero attached hydrogens (tertiary/aromatic N) is 5. The predicted molar refractivity (Wildman–Crippen MR) is 91.6 cm³/mol. The van der Waals surface area contributed by atoms with Gasteiger partial charge in [-0.15, -0.1) is 10.2 Å². The first kappa shape index (κ1) is 15.7. The van der Waals surface area contributed by atoms with Crippen molar-refractivity contribution in [1.82, 2.24) is 24.7 Å². The fourth-order valence-corrected chi connectivity index (χ4v) is 3.18. The summed E-state index contributed by atoms with van der Waals surface area (Å²) in [5.74, 6) is 3.14. The lowest BCUT2D eigenvalue weighted by molar-refractivity contribution is 0.464. The number of benzene rings is 1. The number of fused-ring (bicyclic) bond motifs is 1. The van der Waals surface area contributed by atoms with Gasteiger partial charge in [0.15, 0.2) is 5.82 Å². The molecule has 1 aliphatic heterocycles. The highest BCUT2D eigenvalue weighted by Gasteiger charge is 2.24. The number of halogens is 1. The number of nitrogens with one attached hydrogen (secondary N) is 1. The van der Waals surface area contributed by atoms with E-state index in [2.05, 4.69) is 30.0 Å². The van der Waals surface area contributed by atoms with Crippen molar-refractivity contribution in [2.24, 2.45) is 0 Å². The van der Waals surface area contributed by atoms with Gasteiger partial charge < -0.3 is 9.88 Å². The summed E-state index contributed by atoms with van der Waals surface area (Å²) in [6.45, 7) is 2.94. The van der Waals surface area contributed by atoms with Crippen LogP contribution in [0.5, 0.6) is 0 Å². The van der Waals surface area contributed by atoms with Crippen LogP contribution in [0.2, 0.25) is 0 Å². The van der Waals surface area contributed by atoms with E-state index in [-0.39, 0.29) is 11.9 Å². The molecule has 1 unspecified atom stereocenters. The van der Waals surface area contributed by atoms with E-state index in [9.17, 15) is 4.39 Å². The van der Waals surface area contributed by atoms with Crippen molar-refractivity contribution in [3.63, 3.8) is 0 Å². The van der Waals surface area contributed by atoms with Crippen LogP contribution in [-0.4, -0.2) is 24.7 Å². The summed E-state index contributed by atoms with van der Waals surface area (Å²) in [4.78, 5) is 8.91. The minimum absolute atomic E-state index is 0.100. The third kappa shape index (κ3) is 3.35. The highest BCUT2D eigenvalue weighted by Crippen LogP contribution is 2.27. The van der Waals surface area contributed by atoms with E-state index in [1.165, 1.54) is 12.1 Å². The van der Waals surface area contributed by atoms with E-state index in [1.54, 1.807) is 18.3 Å². The van der Waals surface area contributed by atoms with Crippen LogP contribution in [0.15, 0.2) is 36.5 Å². The van der Waals surface area contributed by atoms with E-state index >= 15 is 0 Å². The summed E-state index contributed by atoms with van der Waals surface area (Å²) >= 11 is 0. The van der Waals surface area contributed by atoms with Crippen LogP contribution in [0.25, 0.3) is 0 Å². The average Bonchev–Trinajstić information content (AvgIpc) is 3.00. The third-order valence-electron chi connectivity index (χ3n) is 4.45. The second-order valence-electron chi connectivity index (χ2n) is 6.26. The van der Waals surface area contributed by atoms with Crippen molar-refractivity contribution in [1.29, 1.82) is 0 Å². The van der Waals surface area contributed by atoms with Gasteiger partial charge in [-0.3, -0.25) is 0 Å². The van der Waals surface area contributed by atoms with Gasteiger partial charge >= 0.3 is 0 Å². The van der Waals surface area contributed by atoms with E-state index < -0.39 is 0 Å². The zero-order valence-electron chi connectivity index (χ0n) is 14.0. The van der Waals surface area contributed by atoms with Gasteiger partial charge in [-0.05, 0) is 43.5 Å². The molecule has 0 spiro atoms. The molecule has 0 aliphatic carbocycles. The normalized spacial score (nSPS) is 16.5. The second-order valence-corrected chi connectivity index (χ2v) is 6.26. The van der Waals surface area contributed by atoms with Gasteiger partial charge in [0.1, 0.15) is 23.3 Å². The molecule has 0 bridgehead atoms. The Morgan fingerprint density at radius 1 is 1.20 bits per heavy atom. The van der Waals surface area contributed by atoms with Gasteiger partial charge in [-0.1, -0.05) is 12.1 Å². The summed E-state index contributed by atoms with van der Waals surface area (Å²) in [5.41, 5.74) is 0.978. The van der Waals surface area contributed by atoms with Crippen LogP contribution in [0.1, 0.15) is 41.9 Å². The molecule has 4 rings (SSSR count). The summed E-state index contributed by atoms with van der Waals surface area (Å²) in [6.07, 6.45) is 4.38. The van der Waals surface area contributed by atoms with Crippen molar-refractivity contribution >= 4 is 5.82 Å². The molecule has 1 aromatic carbocycles. The molecule has 128 valence electrons. The van der Waals surface area contributed by atoms with Gasteiger partial charge in [0.25, 0.3) is 0 Å². The second kappa shape index (κ2) is 6.58. The van der Waals surface area contributed by atoms with Gasteiger partial charge in [0.2, 0.25) is 0 Å². The lowest BCUT2D eigenvalue weighted by Gasteiger charge is -2.24. The van der Waals surface area contributed by atoms with Crippen LogP contribution in [0.3, 0.4) is 0 Å². The zero-order chi connectivity index (χ0) is 17.2. The minimum Gasteiger partial charge on any atom is -0.360 e. The smallest absolute Gasteiger partial charge is 0.155 e. The maximum Gasteiger partial charge on any atom is 0.155 e. The van der Waals surface area contributed by atoms with Crippen LogP contribution < -0.4 is 5.32 Å². The molecule has 0 saturated heterocycles. The molecule has 3 aromatic rings. The Bertz CT molecular complexity index is 874. The molecule has 1 N–H and O–H groups in total. The standard InChI is InChI=1S/C18H19FN6/c1-12-23-24-18-15(3-2-10-25(12)18)21-16-8-9-20-17(22-16)11-13-4-6-14(19)7-5-13/h4-9,15H,2-3,10-11H2,1H3,(H,20,21,22). The van der Waals surface area contributed by atoms with Gasteiger partial charge in [-0.25, -0.2) is 14.4 Å². The third-order valence-corrected chi connectivity index (χ3v) is 4.45. The highest BCUT2D eigenvalue weighted by atomic mass is 19.1. The van der Waals surface area contributed by atoms with Crippen LogP contribution in [0.4, 0.5) is 10.2 Å². The molecule has 0 fully saturated rings. The van der Waals surface area contributed by atoms with E-state index in [4.69, 9.17) is 0 Å². The number of anilines is 1. The zero-order valence-corrected chi connectivity index (χ0v) is 14.0. The molecule has 1 aliphatic rings.